The monoisotopic (exact) mass is 846 g/mol. The van der Waals surface area contributed by atoms with E-state index in [4.69, 9.17) is 18.5 Å². The predicted octanol–water partition coefficient (Wildman–Crippen LogP) is 13.4. The number of unbranched alkanes of at least 4 members (excludes halogenated alkanes) is 14. The quantitative estimate of drug-likeness (QED) is 0.0199. The highest BCUT2D eigenvalue weighted by molar-refractivity contribution is 7.45. The fourth-order valence-electron chi connectivity index (χ4n) is 5.84. The fraction of sp³-hybridized carbons (Fsp3) is 0.700. The summed E-state index contributed by atoms with van der Waals surface area (Å²) in [4.78, 5) is 25.1. The zero-order valence-electron chi connectivity index (χ0n) is 38.4. The number of phosphoric ester groups is 1. The summed E-state index contributed by atoms with van der Waals surface area (Å²) in [6.07, 6.45) is 55.9. The summed E-state index contributed by atoms with van der Waals surface area (Å²) < 4.78 is 34.6. The number of rotatable bonds is 42. The molecule has 0 aromatic heterocycles. The molecule has 9 heteroatoms. The molecule has 0 bridgehead atoms. The van der Waals surface area contributed by atoms with E-state index in [9.17, 15) is 14.3 Å². The van der Waals surface area contributed by atoms with Crippen LogP contribution in [0, 0.1) is 0 Å². The summed E-state index contributed by atoms with van der Waals surface area (Å²) in [5, 5.41) is 0. The number of phosphoric acid groups is 1. The molecule has 2 unspecified atom stereocenters. The van der Waals surface area contributed by atoms with Crippen LogP contribution < -0.4 is 4.89 Å². The molecular formula is C50H88NO7P. The van der Waals surface area contributed by atoms with E-state index < -0.39 is 13.9 Å². The minimum absolute atomic E-state index is 0.0140. The van der Waals surface area contributed by atoms with Gasteiger partial charge in [0.25, 0.3) is 7.82 Å². The van der Waals surface area contributed by atoms with E-state index in [1.807, 2.05) is 21.1 Å². The number of nitrogens with zero attached hydrogens (tertiary/aromatic N) is 1. The number of quaternary nitrogens is 1. The lowest BCUT2D eigenvalue weighted by Crippen LogP contribution is -2.37. The molecule has 0 aromatic carbocycles. The molecule has 0 aliphatic carbocycles. The van der Waals surface area contributed by atoms with E-state index in [0.717, 1.165) is 96.3 Å². The first kappa shape index (κ1) is 56.7. The summed E-state index contributed by atoms with van der Waals surface area (Å²) in [6.45, 7) is 5.19. The van der Waals surface area contributed by atoms with E-state index in [0.29, 0.717) is 17.6 Å². The number of ether oxygens (including phenoxy) is 2. The van der Waals surface area contributed by atoms with Gasteiger partial charge in [-0.25, -0.2) is 0 Å². The molecule has 2 atom stereocenters. The van der Waals surface area contributed by atoms with Crippen molar-refractivity contribution >= 4 is 13.8 Å². The van der Waals surface area contributed by atoms with Gasteiger partial charge in [-0.05, 0) is 89.9 Å². The molecule has 0 spiro atoms. The van der Waals surface area contributed by atoms with Crippen molar-refractivity contribution in [1.29, 1.82) is 0 Å². The number of allylic oxidation sites excluding steroid dienone is 14. The second kappa shape index (κ2) is 42.4. The molecule has 0 saturated heterocycles. The van der Waals surface area contributed by atoms with E-state index in [-0.39, 0.29) is 32.2 Å². The van der Waals surface area contributed by atoms with Crippen LogP contribution in [0.4, 0.5) is 0 Å². The Morgan fingerprint density at radius 3 is 1.47 bits per heavy atom. The first-order chi connectivity index (χ1) is 28.6. The van der Waals surface area contributed by atoms with Crippen LogP contribution in [0.15, 0.2) is 85.1 Å². The van der Waals surface area contributed by atoms with Crippen molar-refractivity contribution in [3.63, 3.8) is 0 Å². The van der Waals surface area contributed by atoms with Crippen molar-refractivity contribution in [3.05, 3.63) is 85.1 Å². The highest BCUT2D eigenvalue weighted by atomic mass is 31.2. The predicted molar refractivity (Wildman–Crippen MR) is 249 cm³/mol. The largest absolute Gasteiger partial charge is 0.756 e. The molecule has 0 aliphatic rings. The lowest BCUT2D eigenvalue weighted by Gasteiger charge is -2.28. The van der Waals surface area contributed by atoms with Crippen molar-refractivity contribution in [2.75, 3.05) is 54.1 Å². The summed E-state index contributed by atoms with van der Waals surface area (Å²) in [5.41, 5.74) is 0. The maximum atomic E-state index is 12.7. The van der Waals surface area contributed by atoms with Crippen molar-refractivity contribution in [2.24, 2.45) is 0 Å². The fourth-order valence-corrected chi connectivity index (χ4v) is 6.57. The van der Waals surface area contributed by atoms with Gasteiger partial charge in [-0.3, -0.25) is 9.36 Å². The molecule has 0 saturated carbocycles. The van der Waals surface area contributed by atoms with Crippen LogP contribution in [0.1, 0.15) is 168 Å². The number of likely N-dealkylation sites (N-methyl/N-ethyl adjacent to an activating group) is 1. The topological polar surface area (TPSA) is 94.1 Å². The summed E-state index contributed by atoms with van der Waals surface area (Å²) in [7, 11) is 1.32. The van der Waals surface area contributed by atoms with Crippen molar-refractivity contribution in [3.8, 4) is 0 Å². The Hall–Kier alpha value is -2.32. The summed E-state index contributed by atoms with van der Waals surface area (Å²) in [5.74, 6) is -0.364. The van der Waals surface area contributed by atoms with E-state index >= 15 is 0 Å². The number of carbonyl (C=O) groups is 1. The Labute approximate surface area is 363 Å². The second-order valence-corrected chi connectivity index (χ2v) is 17.8. The molecule has 8 nitrogen and oxygen atoms in total. The average molecular weight is 846 g/mol. The SMILES string of the molecule is CC/C=C\C/C=C\C/C=C\C/C=C\CCCCCCC(=O)OC(COCCCCCCCCC/C=C\C/C=C\C/C=C\CCCCC)COP(=O)([O-])OCC[N+](C)(C)C. The van der Waals surface area contributed by atoms with E-state index in [2.05, 4.69) is 98.9 Å². The lowest BCUT2D eigenvalue weighted by molar-refractivity contribution is -0.870. The molecule has 0 N–H and O–H groups in total. The minimum Gasteiger partial charge on any atom is -0.756 e. The van der Waals surface area contributed by atoms with Crippen LogP contribution in [0.25, 0.3) is 0 Å². The molecule has 0 aromatic rings. The van der Waals surface area contributed by atoms with Gasteiger partial charge in [0.2, 0.25) is 0 Å². The van der Waals surface area contributed by atoms with Gasteiger partial charge < -0.3 is 27.9 Å². The maximum Gasteiger partial charge on any atom is 0.306 e. The summed E-state index contributed by atoms with van der Waals surface area (Å²) in [6, 6.07) is 0. The van der Waals surface area contributed by atoms with Gasteiger partial charge in [0.15, 0.2) is 0 Å². The van der Waals surface area contributed by atoms with Gasteiger partial charge in [-0.1, -0.05) is 157 Å². The zero-order chi connectivity index (χ0) is 43.4. The second-order valence-electron chi connectivity index (χ2n) is 16.4. The normalized spacial score (nSPS) is 14.5. The van der Waals surface area contributed by atoms with Crippen molar-refractivity contribution < 1.29 is 37.3 Å². The highest BCUT2D eigenvalue weighted by Crippen LogP contribution is 2.38. The smallest absolute Gasteiger partial charge is 0.306 e. The minimum atomic E-state index is -4.54. The molecule has 0 aliphatic heterocycles. The van der Waals surface area contributed by atoms with Gasteiger partial charge in [-0.2, -0.15) is 0 Å². The number of hydrogen-bond acceptors (Lipinski definition) is 7. The number of hydrogen-bond donors (Lipinski definition) is 0. The Balaban J connectivity index is 4.29. The summed E-state index contributed by atoms with van der Waals surface area (Å²) >= 11 is 0. The third-order valence-corrected chi connectivity index (χ3v) is 10.4. The van der Waals surface area contributed by atoms with Crippen LogP contribution in [0.5, 0.6) is 0 Å². The van der Waals surface area contributed by atoms with Crippen molar-refractivity contribution in [2.45, 2.75) is 174 Å². The molecule has 340 valence electrons. The average Bonchev–Trinajstić information content (AvgIpc) is 3.19. The third kappa shape index (κ3) is 46.6. The molecule has 59 heavy (non-hydrogen) atoms. The molecule has 0 amide bonds. The van der Waals surface area contributed by atoms with Crippen molar-refractivity contribution in [1.82, 2.24) is 0 Å². The van der Waals surface area contributed by atoms with Crippen LogP contribution in [0.2, 0.25) is 0 Å². The number of esters is 1. The molecule has 0 heterocycles. The molecule has 0 rings (SSSR count). The Bertz CT molecular complexity index is 1210. The highest BCUT2D eigenvalue weighted by Gasteiger charge is 2.20. The van der Waals surface area contributed by atoms with Gasteiger partial charge in [0.1, 0.15) is 19.3 Å². The van der Waals surface area contributed by atoms with Gasteiger partial charge in [0.05, 0.1) is 34.4 Å². The van der Waals surface area contributed by atoms with Gasteiger partial charge in [0, 0.05) is 13.0 Å². The van der Waals surface area contributed by atoms with Gasteiger partial charge in [-0.15, -0.1) is 0 Å². The van der Waals surface area contributed by atoms with Gasteiger partial charge >= 0.3 is 5.97 Å². The number of carbonyl (C=O) groups excluding carboxylic acids is 1. The standard InChI is InChI=1S/C50H88NO7P/c1-6-8-10-12-14-16-18-20-22-24-25-26-28-30-32-34-36-38-40-42-45-55-47-49(48-57-59(53,54)56-46-44-51(3,4)5)58-50(52)43-41-39-37-35-33-31-29-27-23-21-19-17-15-13-11-9-7-2/h9,11,14-17,20-23,25-26,29,31,49H,6-8,10,12-13,18-19,24,27-28,30,32-48H2,1-5H3/b11-9-,16-14-,17-15-,22-20-,23-21-,26-25-,31-29-. The molecular weight excluding hydrogens is 758 g/mol. The van der Waals surface area contributed by atoms with Crippen LogP contribution in [-0.2, 0) is 27.9 Å². The lowest BCUT2D eigenvalue weighted by atomic mass is 10.1. The van der Waals surface area contributed by atoms with Crippen LogP contribution >= 0.6 is 7.82 Å². The van der Waals surface area contributed by atoms with E-state index in [1.165, 1.54) is 51.4 Å². The van der Waals surface area contributed by atoms with Crippen LogP contribution in [-0.4, -0.2) is 70.7 Å². The first-order valence-electron chi connectivity index (χ1n) is 23.3. The maximum absolute atomic E-state index is 12.7. The third-order valence-electron chi connectivity index (χ3n) is 9.43. The first-order valence-corrected chi connectivity index (χ1v) is 24.8. The Morgan fingerprint density at radius 2 is 0.983 bits per heavy atom. The zero-order valence-corrected chi connectivity index (χ0v) is 39.3. The molecule has 0 radical (unpaired) electrons. The molecule has 0 fully saturated rings. The Morgan fingerprint density at radius 1 is 0.542 bits per heavy atom. The Kier molecular flexibility index (Phi) is 40.7. The van der Waals surface area contributed by atoms with Crippen LogP contribution in [0.3, 0.4) is 0 Å². The van der Waals surface area contributed by atoms with E-state index in [1.54, 1.807) is 0 Å².